The third-order valence-corrected chi connectivity index (χ3v) is 1.95. The van der Waals surface area contributed by atoms with E-state index in [1.54, 1.807) is 12.1 Å². The van der Waals surface area contributed by atoms with Crippen molar-refractivity contribution in [2.45, 2.75) is 12.5 Å². The molecule has 0 aromatic carbocycles. The zero-order chi connectivity index (χ0) is 11.5. The number of hydrogen-bond donors (Lipinski definition) is 5. The summed E-state index contributed by atoms with van der Waals surface area (Å²) >= 11 is 0. The fourth-order valence-corrected chi connectivity index (χ4v) is 0.921. The van der Waals surface area contributed by atoms with Crippen LogP contribution in [0.5, 0.6) is 0 Å². The molecule has 1 heterocycles. The van der Waals surface area contributed by atoms with Crippen molar-refractivity contribution in [3.8, 4) is 0 Å². The topological polar surface area (TPSA) is 117 Å². The Bertz CT molecular complexity index is 341. The van der Waals surface area contributed by atoms with Gasteiger partial charge in [0, 0.05) is 6.54 Å². The molecule has 0 saturated heterocycles. The van der Waals surface area contributed by atoms with Crippen LogP contribution in [-0.4, -0.2) is 33.9 Å². The van der Waals surface area contributed by atoms with E-state index in [0.717, 1.165) is 0 Å². The van der Waals surface area contributed by atoms with Crippen LogP contribution >= 0.6 is 0 Å². The first-order valence-electron chi connectivity index (χ1n) is 4.54. The Morgan fingerprint density at radius 3 is 2.67 bits per heavy atom. The van der Waals surface area contributed by atoms with Gasteiger partial charge in [-0.25, -0.2) is 4.98 Å². The zero-order valence-corrected chi connectivity index (χ0v) is 8.57. The Morgan fingerprint density at radius 1 is 1.47 bits per heavy atom. The molecular weight excluding hydrogens is 196 g/mol. The van der Waals surface area contributed by atoms with E-state index < -0.39 is 5.60 Å². The quantitative estimate of drug-likeness (QED) is 0.455. The Kier molecular flexibility index (Phi) is 3.33. The summed E-state index contributed by atoms with van der Waals surface area (Å²) < 4.78 is 0. The molecule has 1 aromatic rings. The highest BCUT2D eigenvalue weighted by Crippen LogP contribution is 2.15. The van der Waals surface area contributed by atoms with Crippen molar-refractivity contribution in [1.82, 2.24) is 4.98 Å². The standard InChI is InChI=1S/C9H16N4O2/c1-9(15,5-14)4-12-7-3-2-6(10)8(11)13-7/h2-3,14-15H,4-5,10H2,1H3,(H3,11,12,13). The Balaban J connectivity index is 2.62. The molecule has 1 atom stereocenters. The van der Waals surface area contributed by atoms with E-state index in [9.17, 15) is 5.11 Å². The van der Waals surface area contributed by atoms with Gasteiger partial charge in [-0.2, -0.15) is 0 Å². The number of nitrogen functional groups attached to an aromatic ring is 2. The van der Waals surface area contributed by atoms with Crippen molar-refractivity contribution < 1.29 is 10.2 Å². The molecule has 84 valence electrons. The average Bonchev–Trinajstić information content (AvgIpc) is 2.20. The Hall–Kier alpha value is -1.53. The highest BCUT2D eigenvalue weighted by Gasteiger charge is 2.18. The molecule has 0 aliphatic heterocycles. The van der Waals surface area contributed by atoms with Crippen molar-refractivity contribution in [3.63, 3.8) is 0 Å². The van der Waals surface area contributed by atoms with Gasteiger partial charge in [0.2, 0.25) is 0 Å². The molecule has 0 saturated carbocycles. The van der Waals surface area contributed by atoms with Crippen molar-refractivity contribution in [2.75, 3.05) is 29.9 Å². The lowest BCUT2D eigenvalue weighted by atomic mass is 10.1. The second-order valence-corrected chi connectivity index (χ2v) is 3.68. The Labute approximate surface area is 87.9 Å². The molecular formula is C9H16N4O2. The fraction of sp³-hybridized carbons (Fsp3) is 0.444. The summed E-state index contributed by atoms with van der Waals surface area (Å²) in [4.78, 5) is 3.96. The van der Waals surface area contributed by atoms with Crippen LogP contribution in [-0.2, 0) is 0 Å². The van der Waals surface area contributed by atoms with Gasteiger partial charge in [0.1, 0.15) is 17.2 Å². The minimum absolute atomic E-state index is 0.180. The molecule has 7 N–H and O–H groups in total. The summed E-state index contributed by atoms with van der Waals surface area (Å²) in [6, 6.07) is 3.28. The lowest BCUT2D eigenvalue weighted by molar-refractivity contribution is 0.0132. The zero-order valence-electron chi connectivity index (χ0n) is 8.57. The lowest BCUT2D eigenvalue weighted by Crippen LogP contribution is -2.37. The first-order valence-corrected chi connectivity index (χ1v) is 4.54. The molecule has 15 heavy (non-hydrogen) atoms. The molecule has 0 aliphatic rings. The van der Waals surface area contributed by atoms with Gasteiger partial charge in [0.15, 0.2) is 0 Å². The smallest absolute Gasteiger partial charge is 0.149 e. The van der Waals surface area contributed by atoms with Gasteiger partial charge in [-0.05, 0) is 19.1 Å². The molecule has 0 spiro atoms. The SMILES string of the molecule is CC(O)(CO)CNc1ccc(N)c(N)n1. The molecule has 0 amide bonds. The van der Waals surface area contributed by atoms with Crippen LogP contribution in [0.2, 0.25) is 0 Å². The van der Waals surface area contributed by atoms with Crippen LogP contribution in [0.4, 0.5) is 17.3 Å². The normalized spacial score (nSPS) is 14.6. The minimum atomic E-state index is -1.18. The molecule has 1 unspecified atom stereocenters. The monoisotopic (exact) mass is 212 g/mol. The largest absolute Gasteiger partial charge is 0.396 e. The summed E-state index contributed by atoms with van der Waals surface area (Å²) in [5.74, 6) is 0.749. The van der Waals surface area contributed by atoms with Crippen LogP contribution in [0, 0.1) is 0 Å². The first-order chi connectivity index (χ1) is 6.94. The summed E-state index contributed by atoms with van der Waals surface area (Å²) in [5, 5.41) is 21.2. The molecule has 0 fully saturated rings. The number of nitrogens with one attached hydrogen (secondary N) is 1. The van der Waals surface area contributed by atoms with Crippen LogP contribution in [0.15, 0.2) is 12.1 Å². The van der Waals surface area contributed by atoms with Crippen LogP contribution < -0.4 is 16.8 Å². The van der Waals surface area contributed by atoms with Gasteiger partial charge in [-0.3, -0.25) is 0 Å². The summed E-state index contributed by atoms with van der Waals surface area (Å²) in [5.41, 5.74) is 10.2. The van der Waals surface area contributed by atoms with Gasteiger partial charge < -0.3 is 27.0 Å². The highest BCUT2D eigenvalue weighted by molar-refractivity contribution is 5.61. The van der Waals surface area contributed by atoms with E-state index in [-0.39, 0.29) is 19.0 Å². The second kappa shape index (κ2) is 4.33. The van der Waals surface area contributed by atoms with Crippen molar-refractivity contribution in [1.29, 1.82) is 0 Å². The molecule has 0 radical (unpaired) electrons. The fourth-order valence-electron chi connectivity index (χ4n) is 0.921. The van der Waals surface area contributed by atoms with E-state index in [0.29, 0.717) is 11.5 Å². The van der Waals surface area contributed by atoms with Crippen molar-refractivity contribution in [3.05, 3.63) is 12.1 Å². The number of aromatic nitrogens is 1. The molecule has 6 nitrogen and oxygen atoms in total. The van der Waals surface area contributed by atoms with E-state index in [2.05, 4.69) is 10.3 Å². The van der Waals surface area contributed by atoms with Gasteiger partial charge in [0.25, 0.3) is 0 Å². The van der Waals surface area contributed by atoms with Gasteiger partial charge in [-0.15, -0.1) is 0 Å². The van der Waals surface area contributed by atoms with Crippen LogP contribution in [0.25, 0.3) is 0 Å². The molecule has 0 aliphatic carbocycles. The molecule has 0 bridgehead atoms. The molecule has 6 heteroatoms. The van der Waals surface area contributed by atoms with E-state index in [4.69, 9.17) is 16.6 Å². The van der Waals surface area contributed by atoms with Gasteiger partial charge >= 0.3 is 0 Å². The minimum Gasteiger partial charge on any atom is -0.396 e. The number of pyridine rings is 1. The summed E-state index contributed by atoms with van der Waals surface area (Å²) in [6.45, 7) is 1.37. The van der Waals surface area contributed by atoms with E-state index >= 15 is 0 Å². The number of aliphatic hydroxyl groups is 2. The maximum Gasteiger partial charge on any atom is 0.149 e. The first kappa shape index (κ1) is 11.5. The summed E-state index contributed by atoms with van der Waals surface area (Å²) in [7, 11) is 0. The van der Waals surface area contributed by atoms with Crippen molar-refractivity contribution >= 4 is 17.3 Å². The number of nitrogens with zero attached hydrogens (tertiary/aromatic N) is 1. The lowest BCUT2D eigenvalue weighted by Gasteiger charge is -2.21. The predicted molar refractivity (Wildman–Crippen MR) is 59.3 cm³/mol. The average molecular weight is 212 g/mol. The van der Waals surface area contributed by atoms with E-state index in [1.807, 2.05) is 0 Å². The molecule has 1 rings (SSSR count). The Morgan fingerprint density at radius 2 is 2.13 bits per heavy atom. The number of nitrogens with two attached hydrogens (primary N) is 2. The molecule has 1 aromatic heterocycles. The van der Waals surface area contributed by atoms with Crippen LogP contribution in [0.1, 0.15) is 6.92 Å². The number of anilines is 3. The van der Waals surface area contributed by atoms with Crippen LogP contribution in [0.3, 0.4) is 0 Å². The number of aliphatic hydroxyl groups excluding tert-OH is 1. The summed E-state index contributed by atoms with van der Waals surface area (Å²) in [6.07, 6.45) is 0. The van der Waals surface area contributed by atoms with Gasteiger partial charge in [-0.1, -0.05) is 0 Å². The highest BCUT2D eigenvalue weighted by atomic mass is 16.3. The number of hydrogen-bond acceptors (Lipinski definition) is 6. The third-order valence-electron chi connectivity index (χ3n) is 1.95. The van der Waals surface area contributed by atoms with E-state index in [1.165, 1.54) is 6.92 Å². The second-order valence-electron chi connectivity index (χ2n) is 3.68. The number of rotatable bonds is 4. The maximum absolute atomic E-state index is 9.51. The van der Waals surface area contributed by atoms with Gasteiger partial charge in [0.05, 0.1) is 12.3 Å². The predicted octanol–water partition coefficient (Wildman–Crippen LogP) is -0.599. The maximum atomic E-state index is 9.51. The third kappa shape index (κ3) is 3.26. The van der Waals surface area contributed by atoms with Crippen molar-refractivity contribution in [2.24, 2.45) is 0 Å².